The van der Waals surface area contributed by atoms with Gasteiger partial charge in [-0.25, -0.2) is 17.6 Å². The molecule has 0 aliphatic carbocycles. The Labute approximate surface area is 338 Å². The number of hydrogen-bond donors (Lipinski definition) is 2. The average Bonchev–Trinajstić information content (AvgIpc) is 3.85. The third-order valence-corrected chi connectivity index (χ3v) is 13.6. The van der Waals surface area contributed by atoms with Crippen LogP contribution in [0.1, 0.15) is 82.5 Å². The number of carbonyl (C=O) groups is 4. The van der Waals surface area contributed by atoms with Gasteiger partial charge in [0.05, 0.1) is 19.1 Å². The highest BCUT2D eigenvalue weighted by Gasteiger charge is 2.48. The largest absolute Gasteiger partial charge is 0.371 e. The first-order valence-electron chi connectivity index (χ1n) is 20.5. The van der Waals surface area contributed by atoms with Crippen molar-refractivity contribution in [1.29, 1.82) is 0 Å². The number of rotatable bonds is 7. The number of fused-ring (bicyclic) bond motifs is 5. The molecule has 0 radical (unpaired) electrons. The van der Waals surface area contributed by atoms with Crippen LogP contribution in [0.2, 0.25) is 0 Å². The molecule has 7 heterocycles. The van der Waals surface area contributed by atoms with Crippen molar-refractivity contribution >= 4 is 40.2 Å². The summed E-state index contributed by atoms with van der Waals surface area (Å²) in [6.07, 6.45) is -0.0340. The Morgan fingerprint density at radius 1 is 0.949 bits per heavy atom. The van der Waals surface area contributed by atoms with Gasteiger partial charge in [-0.3, -0.25) is 34.3 Å². The summed E-state index contributed by atoms with van der Waals surface area (Å²) in [5, 5.41) is 3.26. The first-order chi connectivity index (χ1) is 28.3. The molecule has 3 saturated heterocycles. The minimum atomic E-state index is -2.68. The molecular formula is C44H45F4N7O4. The smallest absolute Gasteiger partial charge is 0.255 e. The van der Waals surface area contributed by atoms with Crippen molar-refractivity contribution < 1.29 is 36.7 Å². The fourth-order valence-corrected chi connectivity index (χ4v) is 10.8. The third-order valence-electron chi connectivity index (χ3n) is 13.6. The summed E-state index contributed by atoms with van der Waals surface area (Å²) in [4.78, 5) is 63.2. The van der Waals surface area contributed by atoms with Gasteiger partial charge < -0.3 is 19.7 Å². The minimum absolute atomic E-state index is 0.000978. The van der Waals surface area contributed by atoms with Crippen LogP contribution in [0, 0.1) is 17.0 Å². The monoisotopic (exact) mass is 811 g/mol. The first-order valence-corrected chi connectivity index (χ1v) is 20.5. The van der Waals surface area contributed by atoms with Gasteiger partial charge in [0.25, 0.3) is 12.3 Å². The van der Waals surface area contributed by atoms with Crippen LogP contribution in [0.5, 0.6) is 0 Å². The highest BCUT2D eigenvalue weighted by Crippen LogP contribution is 2.45. The van der Waals surface area contributed by atoms with Crippen molar-refractivity contribution in [2.75, 3.05) is 44.2 Å². The van der Waals surface area contributed by atoms with E-state index in [2.05, 4.69) is 15.2 Å². The second kappa shape index (κ2) is 14.2. The van der Waals surface area contributed by atoms with Crippen LogP contribution in [0.25, 0.3) is 10.9 Å². The lowest BCUT2D eigenvalue weighted by atomic mass is 9.73. The molecule has 0 saturated carbocycles. The zero-order chi connectivity index (χ0) is 40.9. The summed E-state index contributed by atoms with van der Waals surface area (Å²) < 4.78 is 60.7. The van der Waals surface area contributed by atoms with Gasteiger partial charge in [-0.1, -0.05) is 24.3 Å². The Kier molecular flexibility index (Phi) is 9.12. The molecule has 2 N–H and O–H groups in total. The number of anilines is 1. The molecular weight excluding hydrogens is 767 g/mol. The van der Waals surface area contributed by atoms with Gasteiger partial charge in [0.1, 0.15) is 17.7 Å². The van der Waals surface area contributed by atoms with Crippen molar-refractivity contribution in [3.63, 3.8) is 0 Å². The molecule has 3 fully saturated rings. The van der Waals surface area contributed by atoms with Crippen molar-refractivity contribution in [2.45, 2.75) is 83.2 Å². The number of benzene rings is 3. The van der Waals surface area contributed by atoms with Crippen LogP contribution in [0.4, 0.5) is 23.2 Å². The summed E-state index contributed by atoms with van der Waals surface area (Å²) in [7, 11) is 0. The van der Waals surface area contributed by atoms with Gasteiger partial charge in [-0.05, 0) is 79.1 Å². The van der Waals surface area contributed by atoms with Crippen molar-refractivity contribution in [1.82, 2.24) is 29.9 Å². The lowest BCUT2D eigenvalue weighted by Gasteiger charge is -2.55. The highest BCUT2D eigenvalue weighted by molar-refractivity contribution is 6.05. The Morgan fingerprint density at radius 2 is 1.69 bits per heavy atom. The summed E-state index contributed by atoms with van der Waals surface area (Å²) in [5.74, 6) is -2.54. The second-order valence-corrected chi connectivity index (χ2v) is 17.5. The normalized spacial score (nSPS) is 24.2. The predicted octanol–water partition coefficient (Wildman–Crippen LogP) is 5.25. The maximum atomic E-state index is 16.4. The van der Waals surface area contributed by atoms with Crippen LogP contribution in [0.15, 0.2) is 48.5 Å². The number of carbonyl (C=O) groups excluding carboxylic acids is 4. The molecule has 3 aromatic carbocycles. The Bertz CT molecular complexity index is 2410. The number of imide groups is 1. The standard InChI is InChI=1S/C44H45F4N7O4/c1-24-11-31-29-5-2-3-6-34(29)49-40(31)41(54(24)19-36(47)48)39-32(45)14-28(15-33(39)46)52-10-4-9-44(21-52)22-53(23-44)38(57)20-51-16-25-12-27-18-55(35-7-8-37(56)50-42(35)58)43(59)30(27)13-26(25)17-51/h2-3,5-6,12-15,24,35-36,41,49H,4,7-11,16-23H2,1H3,(H,50,56,58)/t24-,35?,41-/m1/s1. The molecule has 10 rings (SSSR count). The van der Waals surface area contributed by atoms with E-state index in [-0.39, 0.29) is 47.7 Å². The number of nitrogens with zero attached hydrogens (tertiary/aromatic N) is 5. The molecule has 308 valence electrons. The summed E-state index contributed by atoms with van der Waals surface area (Å²) >= 11 is 0. The van der Waals surface area contributed by atoms with Gasteiger partial charge in [0.2, 0.25) is 17.7 Å². The summed E-state index contributed by atoms with van der Waals surface area (Å²) in [5.41, 5.74) is 5.60. The number of H-pyrrole nitrogens is 1. The topological polar surface area (TPSA) is 112 Å². The number of piperidine rings is 2. The zero-order valence-electron chi connectivity index (χ0n) is 32.7. The Balaban J connectivity index is 0.796. The summed E-state index contributed by atoms with van der Waals surface area (Å²) in [6.45, 7) is 5.00. The van der Waals surface area contributed by atoms with E-state index in [1.165, 1.54) is 17.0 Å². The number of halogens is 4. The van der Waals surface area contributed by atoms with E-state index < -0.39 is 42.6 Å². The van der Waals surface area contributed by atoms with Gasteiger partial charge in [-0.15, -0.1) is 0 Å². The molecule has 1 aromatic heterocycles. The van der Waals surface area contributed by atoms with Gasteiger partial charge in [-0.2, -0.15) is 0 Å². The van der Waals surface area contributed by atoms with E-state index in [0.29, 0.717) is 75.6 Å². The number of alkyl halides is 2. The SMILES string of the molecule is C[C@@H]1Cc2c([nH]c3ccccc23)[C@@H](c2c(F)cc(N3CCCC4(CN(C(=O)CN5Cc6cc7c(cc6C5)C(=O)N(C5CCC(=O)NC5=O)C7)C4)C3)cc2F)N1CC(F)F. The second-order valence-electron chi connectivity index (χ2n) is 17.5. The number of amides is 4. The fourth-order valence-electron chi connectivity index (χ4n) is 10.8. The third kappa shape index (κ3) is 6.48. The van der Waals surface area contributed by atoms with Gasteiger partial charge >= 0.3 is 0 Å². The van der Waals surface area contributed by atoms with Crippen molar-refractivity contribution in [2.24, 2.45) is 5.41 Å². The molecule has 15 heteroatoms. The molecule has 0 bridgehead atoms. The number of hydrogen-bond acceptors (Lipinski definition) is 7. The van der Waals surface area contributed by atoms with E-state index in [9.17, 15) is 28.0 Å². The van der Waals surface area contributed by atoms with E-state index in [1.807, 2.05) is 53.1 Å². The van der Waals surface area contributed by atoms with Crippen LogP contribution in [-0.2, 0) is 40.4 Å². The molecule has 11 nitrogen and oxygen atoms in total. The van der Waals surface area contributed by atoms with E-state index in [0.717, 1.165) is 46.0 Å². The lowest BCUT2D eigenvalue weighted by molar-refractivity contribution is -0.145. The molecule has 6 aliphatic rings. The maximum absolute atomic E-state index is 16.4. The zero-order valence-corrected chi connectivity index (χ0v) is 32.7. The average molecular weight is 812 g/mol. The number of nitrogens with one attached hydrogen (secondary N) is 2. The number of para-hydroxylation sites is 1. The quantitative estimate of drug-likeness (QED) is 0.194. The van der Waals surface area contributed by atoms with E-state index in [1.54, 1.807) is 4.90 Å². The highest BCUT2D eigenvalue weighted by atomic mass is 19.3. The maximum Gasteiger partial charge on any atom is 0.255 e. The first kappa shape index (κ1) is 38.0. The molecule has 4 amide bonds. The molecule has 4 aromatic rings. The van der Waals surface area contributed by atoms with Crippen molar-refractivity contribution in [3.05, 3.63) is 99.2 Å². The van der Waals surface area contributed by atoms with Gasteiger partial charge in [0.15, 0.2) is 0 Å². The molecule has 1 spiro atoms. The van der Waals surface area contributed by atoms with E-state index in [4.69, 9.17) is 0 Å². The van der Waals surface area contributed by atoms with Crippen LogP contribution < -0.4 is 10.2 Å². The van der Waals surface area contributed by atoms with Crippen LogP contribution in [-0.4, -0.2) is 106 Å². The molecule has 3 atom stereocenters. The Hall–Kier alpha value is -5.28. The number of aromatic nitrogens is 1. The van der Waals surface area contributed by atoms with Crippen LogP contribution in [0.3, 0.4) is 0 Å². The van der Waals surface area contributed by atoms with Crippen LogP contribution >= 0.6 is 0 Å². The number of likely N-dealkylation sites (tertiary alicyclic amines) is 1. The predicted molar refractivity (Wildman–Crippen MR) is 209 cm³/mol. The number of aromatic amines is 1. The molecule has 59 heavy (non-hydrogen) atoms. The Morgan fingerprint density at radius 3 is 2.44 bits per heavy atom. The molecule has 6 aliphatic heterocycles. The van der Waals surface area contributed by atoms with Gasteiger partial charge in [0, 0.05) is 97.1 Å². The lowest BCUT2D eigenvalue weighted by Crippen LogP contribution is -2.65. The fraction of sp³-hybridized carbons (Fsp3) is 0.455. The molecule has 1 unspecified atom stereocenters. The van der Waals surface area contributed by atoms with Crippen molar-refractivity contribution in [3.8, 4) is 0 Å². The van der Waals surface area contributed by atoms with E-state index >= 15 is 8.78 Å². The summed E-state index contributed by atoms with van der Waals surface area (Å²) in [6, 6.07) is 12.0. The minimum Gasteiger partial charge on any atom is -0.371 e.